The zero-order valence-electron chi connectivity index (χ0n) is 10.7. The Morgan fingerprint density at radius 1 is 1.56 bits per heavy atom. The Hall–Kier alpha value is -1.16. The predicted octanol–water partition coefficient (Wildman–Crippen LogP) is 3.29. The summed E-state index contributed by atoms with van der Waals surface area (Å²) in [6.07, 6.45) is 5.06. The molecule has 1 aliphatic rings. The van der Waals surface area contributed by atoms with Crippen molar-refractivity contribution in [1.82, 2.24) is 0 Å². The van der Waals surface area contributed by atoms with Gasteiger partial charge < -0.3 is 4.74 Å². The molecule has 1 heterocycles. The Labute approximate surface area is 112 Å². The van der Waals surface area contributed by atoms with Gasteiger partial charge in [-0.1, -0.05) is 18.9 Å². The van der Waals surface area contributed by atoms with Crippen LogP contribution < -0.4 is 0 Å². The lowest BCUT2D eigenvalue weighted by Gasteiger charge is -2.04. The highest BCUT2D eigenvalue weighted by atomic mass is 32.1. The van der Waals surface area contributed by atoms with E-state index in [1.54, 1.807) is 0 Å². The van der Waals surface area contributed by atoms with Crippen molar-refractivity contribution >= 4 is 23.0 Å². The molecule has 1 fully saturated rings. The minimum atomic E-state index is -0.300. The van der Waals surface area contributed by atoms with Gasteiger partial charge in [0.2, 0.25) is 0 Å². The quantitative estimate of drug-likeness (QED) is 0.431. The Morgan fingerprint density at radius 3 is 3.00 bits per heavy atom. The molecule has 2 rings (SSSR count). The maximum atomic E-state index is 11.8. The van der Waals surface area contributed by atoms with E-state index in [2.05, 4.69) is 4.99 Å². The molecular formula is C14H19NO2S. The second kappa shape index (κ2) is 6.69. The van der Waals surface area contributed by atoms with Gasteiger partial charge in [-0.3, -0.25) is 4.99 Å². The predicted molar refractivity (Wildman–Crippen MR) is 74.3 cm³/mol. The van der Waals surface area contributed by atoms with Gasteiger partial charge >= 0.3 is 5.97 Å². The number of esters is 1. The van der Waals surface area contributed by atoms with E-state index < -0.39 is 0 Å². The fourth-order valence-corrected chi connectivity index (χ4v) is 2.55. The summed E-state index contributed by atoms with van der Waals surface area (Å²) in [5, 5.41) is 1.95. The van der Waals surface area contributed by atoms with Gasteiger partial charge in [0.05, 0.1) is 11.5 Å². The molecule has 0 saturated heterocycles. The maximum Gasteiger partial charge on any atom is 0.357 e. The highest BCUT2D eigenvalue weighted by Crippen LogP contribution is 2.33. The van der Waals surface area contributed by atoms with Crippen molar-refractivity contribution in [2.24, 2.45) is 10.9 Å². The summed E-state index contributed by atoms with van der Waals surface area (Å²) in [6.45, 7) is 2.94. The second-order valence-corrected chi connectivity index (χ2v) is 5.46. The lowest BCUT2D eigenvalue weighted by molar-refractivity contribution is -0.134. The highest BCUT2D eigenvalue weighted by molar-refractivity contribution is 7.13. The Balaban J connectivity index is 1.94. The van der Waals surface area contributed by atoms with Crippen molar-refractivity contribution in [3.05, 3.63) is 22.4 Å². The topological polar surface area (TPSA) is 38.7 Å². The number of carbonyl (C=O) groups excluding carboxylic acids is 1. The fraction of sp³-hybridized carbons (Fsp3) is 0.571. The van der Waals surface area contributed by atoms with E-state index in [1.807, 2.05) is 24.4 Å². The molecular weight excluding hydrogens is 246 g/mol. The molecule has 1 aliphatic carbocycles. The lowest BCUT2D eigenvalue weighted by Crippen LogP contribution is -2.18. The fourth-order valence-electron chi connectivity index (χ4n) is 1.83. The first-order chi connectivity index (χ1) is 8.81. The molecule has 0 aromatic carbocycles. The second-order valence-electron chi connectivity index (χ2n) is 4.51. The molecule has 0 atom stereocenters. The van der Waals surface area contributed by atoms with Crippen molar-refractivity contribution in [2.75, 3.05) is 13.2 Å². The zero-order valence-corrected chi connectivity index (χ0v) is 11.5. The van der Waals surface area contributed by atoms with Crippen LogP contribution in [0, 0.1) is 5.92 Å². The normalized spacial score (nSPS) is 15.7. The Kier molecular flexibility index (Phi) is 4.93. The van der Waals surface area contributed by atoms with Crippen LogP contribution in [0.2, 0.25) is 0 Å². The summed E-state index contributed by atoms with van der Waals surface area (Å²) < 4.78 is 5.06. The number of hydrogen-bond acceptors (Lipinski definition) is 4. The van der Waals surface area contributed by atoms with Gasteiger partial charge in [-0.25, -0.2) is 4.79 Å². The van der Waals surface area contributed by atoms with E-state index in [-0.39, 0.29) is 5.97 Å². The number of thiophene rings is 1. The maximum absolute atomic E-state index is 11.8. The number of ether oxygens (including phenoxy) is 1. The van der Waals surface area contributed by atoms with Crippen LogP contribution in [0.3, 0.4) is 0 Å². The largest absolute Gasteiger partial charge is 0.461 e. The molecule has 0 spiro atoms. The van der Waals surface area contributed by atoms with Crippen molar-refractivity contribution in [3.63, 3.8) is 0 Å². The molecule has 98 valence electrons. The highest BCUT2D eigenvalue weighted by Gasteiger charge is 2.20. The van der Waals surface area contributed by atoms with Gasteiger partial charge in [0.1, 0.15) is 0 Å². The minimum absolute atomic E-state index is 0.300. The van der Waals surface area contributed by atoms with Crippen LogP contribution in [0.1, 0.15) is 37.5 Å². The molecule has 0 unspecified atom stereocenters. The SMILES string of the molecule is CCOC(=O)/C(=N\CCCC1CC1)c1cccs1. The minimum Gasteiger partial charge on any atom is -0.461 e. The zero-order chi connectivity index (χ0) is 12.8. The number of aliphatic imine (C=N–C) groups is 1. The van der Waals surface area contributed by atoms with E-state index in [0.29, 0.717) is 12.3 Å². The van der Waals surface area contributed by atoms with Crippen molar-refractivity contribution in [2.45, 2.75) is 32.6 Å². The van der Waals surface area contributed by atoms with Crippen LogP contribution in [0.25, 0.3) is 0 Å². The van der Waals surface area contributed by atoms with Crippen molar-refractivity contribution < 1.29 is 9.53 Å². The van der Waals surface area contributed by atoms with Crippen LogP contribution in [0.15, 0.2) is 22.5 Å². The van der Waals surface area contributed by atoms with Gasteiger partial charge in [0.15, 0.2) is 5.71 Å². The Morgan fingerprint density at radius 2 is 2.39 bits per heavy atom. The molecule has 4 heteroatoms. The van der Waals surface area contributed by atoms with Crippen LogP contribution in [-0.4, -0.2) is 24.8 Å². The summed E-state index contributed by atoms with van der Waals surface area (Å²) in [4.78, 5) is 17.2. The van der Waals surface area contributed by atoms with Gasteiger partial charge in [-0.2, -0.15) is 0 Å². The Bertz CT molecular complexity index is 407. The van der Waals surface area contributed by atoms with Gasteiger partial charge in [-0.15, -0.1) is 11.3 Å². The first-order valence-electron chi connectivity index (χ1n) is 6.56. The van der Waals surface area contributed by atoms with Crippen molar-refractivity contribution in [1.29, 1.82) is 0 Å². The third-order valence-electron chi connectivity index (χ3n) is 2.96. The number of rotatable bonds is 7. The average Bonchev–Trinajstić information content (AvgIpc) is 3.02. The van der Waals surface area contributed by atoms with E-state index in [4.69, 9.17) is 4.74 Å². The molecule has 1 aromatic heterocycles. The first-order valence-corrected chi connectivity index (χ1v) is 7.44. The smallest absolute Gasteiger partial charge is 0.357 e. The molecule has 0 N–H and O–H groups in total. The number of nitrogens with zero attached hydrogens (tertiary/aromatic N) is 1. The molecule has 0 aliphatic heterocycles. The average molecular weight is 265 g/mol. The van der Waals surface area contributed by atoms with Crippen LogP contribution >= 0.6 is 11.3 Å². The first kappa shape index (κ1) is 13.3. The molecule has 1 aromatic rings. The van der Waals surface area contributed by atoms with E-state index in [9.17, 15) is 4.79 Å². The third-order valence-corrected chi connectivity index (χ3v) is 3.84. The number of hydrogen-bond donors (Lipinski definition) is 0. The van der Waals surface area contributed by atoms with Gasteiger partial charge in [-0.05, 0) is 37.1 Å². The number of carbonyl (C=O) groups is 1. The molecule has 1 saturated carbocycles. The monoisotopic (exact) mass is 265 g/mol. The molecule has 3 nitrogen and oxygen atoms in total. The summed E-state index contributed by atoms with van der Waals surface area (Å²) in [5.74, 6) is 0.624. The van der Waals surface area contributed by atoms with Crippen LogP contribution in [0.4, 0.5) is 0 Å². The van der Waals surface area contributed by atoms with Gasteiger partial charge in [0.25, 0.3) is 0 Å². The lowest BCUT2D eigenvalue weighted by atomic mass is 10.2. The summed E-state index contributed by atoms with van der Waals surface area (Å²) in [6, 6.07) is 3.85. The third kappa shape index (κ3) is 3.95. The van der Waals surface area contributed by atoms with E-state index in [1.165, 1.54) is 30.6 Å². The molecule has 0 bridgehead atoms. The summed E-state index contributed by atoms with van der Waals surface area (Å²) >= 11 is 1.53. The standard InChI is InChI=1S/C14H19NO2S/c1-2-17-14(16)13(12-6-4-10-18-12)15-9-3-5-11-7-8-11/h4,6,10-11H,2-3,5,7-9H2,1H3/b15-13-. The molecule has 18 heavy (non-hydrogen) atoms. The van der Waals surface area contributed by atoms with E-state index in [0.717, 1.165) is 23.8 Å². The summed E-state index contributed by atoms with van der Waals surface area (Å²) in [5.41, 5.74) is 0.489. The molecule has 0 amide bonds. The van der Waals surface area contributed by atoms with Gasteiger partial charge in [0, 0.05) is 6.54 Å². The van der Waals surface area contributed by atoms with Crippen LogP contribution in [0.5, 0.6) is 0 Å². The van der Waals surface area contributed by atoms with Crippen LogP contribution in [-0.2, 0) is 9.53 Å². The summed E-state index contributed by atoms with van der Waals surface area (Å²) in [7, 11) is 0. The van der Waals surface area contributed by atoms with Crippen molar-refractivity contribution in [3.8, 4) is 0 Å². The van der Waals surface area contributed by atoms with E-state index >= 15 is 0 Å². The molecule has 0 radical (unpaired) electrons.